The van der Waals surface area contributed by atoms with Crippen molar-refractivity contribution in [3.8, 4) is 28.7 Å². The molecule has 3 aromatic heterocycles. The fourth-order valence-corrected chi connectivity index (χ4v) is 3.15. The summed E-state index contributed by atoms with van der Waals surface area (Å²) in [6.07, 6.45) is 3.25. The molecule has 0 aliphatic rings. The maximum Gasteiger partial charge on any atom is 0.261 e. The predicted octanol–water partition coefficient (Wildman–Crippen LogP) is 1.76. The Morgan fingerprint density at radius 2 is 1.97 bits per heavy atom. The average molecular weight is 412 g/mol. The molecule has 4 aromatic rings. The Balaban J connectivity index is 1.58. The maximum absolute atomic E-state index is 11.4. The quantitative estimate of drug-likeness (QED) is 0.505. The molecule has 29 heavy (non-hydrogen) atoms. The molecule has 10 nitrogen and oxygen atoms in total. The number of aryl methyl sites for hydroxylation is 1. The summed E-state index contributed by atoms with van der Waals surface area (Å²) < 4.78 is 35.5. The van der Waals surface area contributed by atoms with Crippen LogP contribution in [-0.4, -0.2) is 33.3 Å². The average Bonchev–Trinajstić information content (AvgIpc) is 3.33. The van der Waals surface area contributed by atoms with Gasteiger partial charge in [0.15, 0.2) is 0 Å². The lowest BCUT2D eigenvalue weighted by atomic mass is 10.2. The Bertz CT molecular complexity index is 1230. The van der Waals surface area contributed by atoms with Gasteiger partial charge in [-0.1, -0.05) is 11.2 Å². The van der Waals surface area contributed by atoms with E-state index in [1.807, 2.05) is 6.07 Å². The molecule has 0 atom stereocenters. The summed E-state index contributed by atoms with van der Waals surface area (Å²) in [7, 11) is -1.98. The highest BCUT2D eigenvalue weighted by Gasteiger charge is 2.19. The van der Waals surface area contributed by atoms with Crippen LogP contribution in [0.2, 0.25) is 0 Å². The van der Waals surface area contributed by atoms with Crippen LogP contribution in [0.15, 0.2) is 64.3 Å². The summed E-state index contributed by atoms with van der Waals surface area (Å²) in [6, 6.07) is 11.3. The first kappa shape index (κ1) is 18.8. The number of nitrogens with two attached hydrogens (primary N) is 1. The van der Waals surface area contributed by atoms with Gasteiger partial charge < -0.3 is 9.26 Å². The van der Waals surface area contributed by atoms with Gasteiger partial charge in [-0.2, -0.15) is 10.1 Å². The van der Waals surface area contributed by atoms with Crippen LogP contribution in [0.3, 0.4) is 0 Å². The number of primary sulfonamides is 1. The molecule has 2 N–H and O–H groups in total. The SMILES string of the molecule is Cn1ncc(-c2nc(-c3ccc(S(N)(=O)=O)cc3)no2)c1COc1ccccn1. The third-order valence-electron chi connectivity index (χ3n) is 4.15. The first-order valence-electron chi connectivity index (χ1n) is 8.44. The Kier molecular flexibility index (Phi) is 4.82. The van der Waals surface area contributed by atoms with E-state index in [9.17, 15) is 8.42 Å². The Morgan fingerprint density at radius 3 is 2.66 bits per heavy atom. The van der Waals surface area contributed by atoms with Gasteiger partial charge in [0, 0.05) is 24.9 Å². The second-order valence-corrected chi connectivity index (χ2v) is 7.64. The number of aromatic nitrogens is 5. The van der Waals surface area contributed by atoms with Crippen molar-refractivity contribution in [2.24, 2.45) is 12.2 Å². The van der Waals surface area contributed by atoms with E-state index in [-0.39, 0.29) is 17.4 Å². The minimum atomic E-state index is -3.77. The fraction of sp³-hybridized carbons (Fsp3) is 0.111. The van der Waals surface area contributed by atoms with Gasteiger partial charge in [0.1, 0.15) is 6.61 Å². The second-order valence-electron chi connectivity index (χ2n) is 6.08. The first-order chi connectivity index (χ1) is 13.9. The first-order valence-corrected chi connectivity index (χ1v) is 9.98. The number of sulfonamides is 1. The van der Waals surface area contributed by atoms with Gasteiger partial charge in [-0.3, -0.25) is 4.68 Å². The molecule has 0 spiro atoms. The summed E-state index contributed by atoms with van der Waals surface area (Å²) in [6.45, 7) is 0.212. The standard InChI is InChI=1S/C18H16N6O4S/c1-24-15(11-27-16-4-2-3-9-20-16)14(10-21-24)18-22-17(23-28-18)12-5-7-13(8-6-12)29(19,25)26/h2-10H,11H2,1H3,(H2,19,25,26). The number of nitrogens with zero attached hydrogens (tertiary/aromatic N) is 5. The van der Waals surface area contributed by atoms with Gasteiger partial charge in [-0.05, 0) is 30.3 Å². The van der Waals surface area contributed by atoms with Crippen LogP contribution >= 0.6 is 0 Å². The lowest BCUT2D eigenvalue weighted by Crippen LogP contribution is -2.11. The molecule has 0 amide bonds. The van der Waals surface area contributed by atoms with Crippen molar-refractivity contribution < 1.29 is 17.7 Å². The Morgan fingerprint density at radius 1 is 1.17 bits per heavy atom. The highest BCUT2D eigenvalue weighted by molar-refractivity contribution is 7.89. The highest BCUT2D eigenvalue weighted by atomic mass is 32.2. The van der Waals surface area contributed by atoms with Gasteiger partial charge in [-0.15, -0.1) is 0 Å². The van der Waals surface area contributed by atoms with Gasteiger partial charge in [0.05, 0.1) is 22.3 Å². The Labute approximate surface area is 166 Å². The number of pyridine rings is 1. The number of ether oxygens (including phenoxy) is 1. The zero-order valence-corrected chi connectivity index (χ0v) is 16.1. The molecule has 0 bridgehead atoms. The zero-order valence-electron chi connectivity index (χ0n) is 15.3. The lowest BCUT2D eigenvalue weighted by molar-refractivity contribution is 0.283. The molecule has 4 rings (SSSR count). The van der Waals surface area contributed by atoms with E-state index < -0.39 is 10.0 Å². The summed E-state index contributed by atoms with van der Waals surface area (Å²) >= 11 is 0. The van der Waals surface area contributed by atoms with Gasteiger partial charge in [-0.25, -0.2) is 18.5 Å². The van der Waals surface area contributed by atoms with Crippen LogP contribution < -0.4 is 9.88 Å². The molecule has 0 aliphatic carbocycles. The largest absolute Gasteiger partial charge is 0.471 e. The van der Waals surface area contributed by atoms with Crippen molar-refractivity contribution >= 4 is 10.0 Å². The van der Waals surface area contributed by atoms with Crippen molar-refractivity contribution in [1.29, 1.82) is 0 Å². The maximum atomic E-state index is 11.4. The van der Waals surface area contributed by atoms with E-state index in [1.54, 1.807) is 48.4 Å². The highest BCUT2D eigenvalue weighted by Crippen LogP contribution is 2.26. The van der Waals surface area contributed by atoms with E-state index in [0.717, 1.165) is 5.69 Å². The van der Waals surface area contributed by atoms with Crippen molar-refractivity contribution in [2.45, 2.75) is 11.5 Å². The van der Waals surface area contributed by atoms with Crippen LogP contribution in [0.5, 0.6) is 5.88 Å². The monoisotopic (exact) mass is 412 g/mol. The molecular formula is C18H16N6O4S. The summed E-state index contributed by atoms with van der Waals surface area (Å²) in [4.78, 5) is 8.52. The van der Waals surface area contributed by atoms with Crippen LogP contribution in [0.4, 0.5) is 0 Å². The number of benzene rings is 1. The van der Waals surface area contributed by atoms with Crippen LogP contribution in [0.1, 0.15) is 5.69 Å². The molecule has 0 saturated carbocycles. The number of hydrogen-bond acceptors (Lipinski definition) is 8. The Hall–Kier alpha value is -3.57. The molecule has 0 radical (unpaired) electrons. The minimum absolute atomic E-state index is 0.00573. The van der Waals surface area contributed by atoms with E-state index in [4.69, 9.17) is 14.4 Å². The van der Waals surface area contributed by atoms with Crippen molar-refractivity contribution in [2.75, 3.05) is 0 Å². The topological polar surface area (TPSA) is 139 Å². The van der Waals surface area contributed by atoms with E-state index >= 15 is 0 Å². The van der Waals surface area contributed by atoms with Crippen LogP contribution in [0.25, 0.3) is 22.8 Å². The second kappa shape index (κ2) is 7.45. The van der Waals surface area contributed by atoms with Crippen LogP contribution in [-0.2, 0) is 23.7 Å². The summed E-state index contributed by atoms with van der Waals surface area (Å²) in [5.74, 6) is 1.06. The summed E-state index contributed by atoms with van der Waals surface area (Å²) in [5, 5.41) is 13.3. The minimum Gasteiger partial charge on any atom is -0.471 e. The molecule has 0 aliphatic heterocycles. The van der Waals surface area contributed by atoms with Crippen LogP contribution in [0, 0.1) is 0 Å². The van der Waals surface area contributed by atoms with E-state index in [1.165, 1.54) is 12.1 Å². The number of hydrogen-bond donors (Lipinski definition) is 1. The molecule has 0 fully saturated rings. The zero-order chi connectivity index (χ0) is 20.4. The van der Waals surface area contributed by atoms with Gasteiger partial charge in [0.2, 0.25) is 21.7 Å². The molecule has 1 aromatic carbocycles. The predicted molar refractivity (Wildman–Crippen MR) is 102 cm³/mol. The molecule has 0 unspecified atom stereocenters. The van der Waals surface area contributed by atoms with Crippen molar-refractivity contribution in [3.05, 3.63) is 60.6 Å². The lowest BCUT2D eigenvalue weighted by Gasteiger charge is -2.06. The smallest absolute Gasteiger partial charge is 0.261 e. The van der Waals surface area contributed by atoms with Crippen molar-refractivity contribution in [3.63, 3.8) is 0 Å². The molecule has 3 heterocycles. The van der Waals surface area contributed by atoms with Gasteiger partial charge >= 0.3 is 0 Å². The molecule has 0 saturated heterocycles. The third-order valence-corrected chi connectivity index (χ3v) is 5.08. The van der Waals surface area contributed by atoms with E-state index in [2.05, 4.69) is 20.2 Å². The summed E-state index contributed by atoms with van der Waals surface area (Å²) in [5.41, 5.74) is 1.95. The normalized spacial score (nSPS) is 11.5. The van der Waals surface area contributed by atoms with E-state index in [0.29, 0.717) is 22.8 Å². The van der Waals surface area contributed by atoms with Crippen molar-refractivity contribution in [1.82, 2.24) is 24.9 Å². The third kappa shape index (κ3) is 4.00. The molecule has 148 valence electrons. The molecular weight excluding hydrogens is 396 g/mol. The number of rotatable bonds is 6. The fourth-order valence-electron chi connectivity index (χ4n) is 2.63. The van der Waals surface area contributed by atoms with Gasteiger partial charge in [0.25, 0.3) is 5.89 Å². The molecule has 11 heteroatoms.